The molecule has 0 heterocycles. The maximum Gasteiger partial charge on any atom is 0.197 e. The predicted octanol–water partition coefficient (Wildman–Crippen LogP) is 5.17. The third kappa shape index (κ3) is 1.38. The summed E-state index contributed by atoms with van der Waals surface area (Å²) in [6, 6.07) is 7.31. The van der Waals surface area contributed by atoms with Crippen molar-refractivity contribution in [2.24, 2.45) is 0 Å². The Bertz CT molecular complexity index is 796. The van der Waals surface area contributed by atoms with E-state index >= 15 is 0 Å². The fraction of sp³-hybridized carbons (Fsp3) is 0.222. The van der Waals surface area contributed by atoms with E-state index in [2.05, 4.69) is 0 Å². The Morgan fingerprint density at radius 1 is 0.727 bits per heavy atom. The quantitative estimate of drug-likeness (QED) is 0.272. The second-order valence-electron chi connectivity index (χ2n) is 6.03. The van der Waals surface area contributed by atoms with Gasteiger partial charge in [-0.05, 0) is 30.5 Å². The molecule has 0 amide bonds. The average Bonchev–Trinajstić information content (AvgIpc) is 3.03. The fourth-order valence-electron chi connectivity index (χ4n) is 3.97. The van der Waals surface area contributed by atoms with Gasteiger partial charge >= 0.3 is 0 Å². The van der Waals surface area contributed by atoms with Crippen LogP contribution in [0.25, 0.3) is 0 Å². The zero-order valence-corrected chi connectivity index (χ0v) is 12.0. The molecule has 2 aromatic carbocycles. The number of allylic oxidation sites excluding steroid dienone is 2. The number of halogens is 4. The highest BCUT2D eigenvalue weighted by molar-refractivity contribution is 5.70. The Balaban J connectivity index is 2.16. The van der Waals surface area contributed by atoms with Gasteiger partial charge < -0.3 is 0 Å². The summed E-state index contributed by atoms with van der Waals surface area (Å²) in [6.45, 7) is 3.71. The summed E-state index contributed by atoms with van der Waals surface area (Å²) < 4.78 is 56.0. The summed E-state index contributed by atoms with van der Waals surface area (Å²) in [6.07, 6.45) is 0. The van der Waals surface area contributed by atoms with Crippen molar-refractivity contribution in [3.05, 3.63) is 80.9 Å². The Hall–Kier alpha value is -2.10. The zero-order valence-electron chi connectivity index (χ0n) is 12.0. The van der Waals surface area contributed by atoms with Crippen molar-refractivity contribution in [3.8, 4) is 0 Å². The van der Waals surface area contributed by atoms with Crippen LogP contribution in [0.1, 0.15) is 47.9 Å². The van der Waals surface area contributed by atoms with E-state index in [1.807, 2.05) is 38.1 Å². The molecule has 22 heavy (non-hydrogen) atoms. The van der Waals surface area contributed by atoms with Crippen LogP contribution in [0.4, 0.5) is 17.6 Å². The van der Waals surface area contributed by atoms with Gasteiger partial charge in [0.1, 0.15) is 0 Å². The molecule has 0 saturated carbocycles. The number of rotatable bonds is 0. The molecule has 112 valence electrons. The highest BCUT2D eigenvalue weighted by Crippen LogP contribution is 2.62. The lowest BCUT2D eigenvalue weighted by molar-refractivity contribution is 0.400. The minimum atomic E-state index is -1.73. The first-order chi connectivity index (χ1) is 10.4. The minimum absolute atomic E-state index is 0.0451. The lowest BCUT2D eigenvalue weighted by atomic mass is 9.85. The normalized spacial score (nSPS) is 21.1. The molecule has 0 spiro atoms. The largest absolute Gasteiger partial charge is 0.203 e. The molecule has 2 bridgehead atoms. The van der Waals surface area contributed by atoms with Gasteiger partial charge in [-0.2, -0.15) is 0 Å². The topological polar surface area (TPSA) is 0 Å². The van der Waals surface area contributed by atoms with E-state index in [0.717, 1.165) is 22.3 Å². The number of fused-ring (bicyclic) bond motifs is 8. The van der Waals surface area contributed by atoms with E-state index < -0.39 is 35.1 Å². The van der Waals surface area contributed by atoms with Gasteiger partial charge in [0.15, 0.2) is 23.3 Å². The fourth-order valence-corrected chi connectivity index (χ4v) is 3.97. The monoisotopic (exact) mass is 304 g/mol. The Labute approximate surface area is 125 Å². The molecule has 2 atom stereocenters. The van der Waals surface area contributed by atoms with Crippen molar-refractivity contribution in [1.82, 2.24) is 0 Å². The van der Waals surface area contributed by atoms with Crippen molar-refractivity contribution in [2.45, 2.75) is 25.7 Å². The third-order valence-corrected chi connectivity index (χ3v) is 4.74. The highest BCUT2D eigenvalue weighted by atomic mass is 19.2. The number of benzene rings is 2. The Morgan fingerprint density at radius 2 is 1.14 bits per heavy atom. The van der Waals surface area contributed by atoms with Crippen molar-refractivity contribution >= 4 is 0 Å². The van der Waals surface area contributed by atoms with E-state index in [1.165, 1.54) is 0 Å². The molecule has 4 heteroatoms. The Morgan fingerprint density at radius 3 is 1.50 bits per heavy atom. The van der Waals surface area contributed by atoms with Crippen LogP contribution in [0, 0.1) is 23.3 Å². The van der Waals surface area contributed by atoms with E-state index in [9.17, 15) is 17.6 Å². The number of hydrogen-bond donors (Lipinski definition) is 0. The molecule has 2 aliphatic carbocycles. The van der Waals surface area contributed by atoms with Crippen LogP contribution in [0.3, 0.4) is 0 Å². The van der Waals surface area contributed by atoms with Crippen LogP contribution in [0.15, 0.2) is 35.4 Å². The summed E-state index contributed by atoms with van der Waals surface area (Å²) in [4.78, 5) is 0. The van der Waals surface area contributed by atoms with Gasteiger partial charge in [0.2, 0.25) is 0 Å². The van der Waals surface area contributed by atoms with Crippen LogP contribution >= 0.6 is 0 Å². The second kappa shape index (κ2) is 4.22. The molecular formula is C18H12F4. The lowest BCUT2D eigenvalue weighted by Crippen LogP contribution is -2.12. The molecule has 4 rings (SSSR count). The van der Waals surface area contributed by atoms with Crippen LogP contribution in [-0.4, -0.2) is 0 Å². The molecule has 0 saturated heterocycles. The molecule has 0 unspecified atom stereocenters. The van der Waals surface area contributed by atoms with Crippen molar-refractivity contribution in [2.75, 3.05) is 0 Å². The van der Waals surface area contributed by atoms with Crippen molar-refractivity contribution in [3.63, 3.8) is 0 Å². The molecule has 2 aliphatic rings. The van der Waals surface area contributed by atoms with Gasteiger partial charge in [0.25, 0.3) is 0 Å². The molecule has 0 aromatic heterocycles. The zero-order chi connectivity index (χ0) is 15.8. The first-order valence-electron chi connectivity index (χ1n) is 7.07. The van der Waals surface area contributed by atoms with Gasteiger partial charge in [0.05, 0.1) is 0 Å². The third-order valence-electron chi connectivity index (χ3n) is 4.74. The molecular weight excluding hydrogens is 292 g/mol. The van der Waals surface area contributed by atoms with Crippen LogP contribution in [-0.2, 0) is 0 Å². The first-order valence-corrected chi connectivity index (χ1v) is 7.07. The Kier molecular flexibility index (Phi) is 2.60. The summed E-state index contributed by atoms with van der Waals surface area (Å²) in [5.74, 6) is -7.04. The van der Waals surface area contributed by atoms with Gasteiger partial charge in [-0.15, -0.1) is 0 Å². The standard InChI is InChI=1S/C18H12F4/c1-7(2)10-11-8-5-3-4-6-9(8)12(10)14-13(11)15(19)17(21)18(22)16(14)20/h3-6,11-12H,1-2H3/t11-,12-/m1/s1. The van der Waals surface area contributed by atoms with Gasteiger partial charge in [-0.25, -0.2) is 17.6 Å². The van der Waals surface area contributed by atoms with E-state index in [4.69, 9.17) is 0 Å². The lowest BCUT2D eigenvalue weighted by Gasteiger charge is -2.20. The van der Waals surface area contributed by atoms with Crippen LogP contribution < -0.4 is 0 Å². The molecule has 0 N–H and O–H groups in total. The minimum Gasteiger partial charge on any atom is -0.203 e. The first kappa shape index (κ1) is 13.6. The van der Waals surface area contributed by atoms with E-state index in [0.29, 0.717) is 0 Å². The maximum atomic E-state index is 14.3. The van der Waals surface area contributed by atoms with Crippen LogP contribution in [0.5, 0.6) is 0 Å². The summed E-state index contributed by atoms with van der Waals surface area (Å²) in [7, 11) is 0. The highest BCUT2D eigenvalue weighted by Gasteiger charge is 2.50. The SMILES string of the molecule is CC(C)=C1[C@H]2c3ccccc3[C@H]1c1c(F)c(F)c(F)c(F)c12. The molecule has 0 fully saturated rings. The van der Waals surface area contributed by atoms with E-state index in [1.54, 1.807) is 0 Å². The molecule has 0 nitrogen and oxygen atoms in total. The summed E-state index contributed by atoms with van der Waals surface area (Å²) >= 11 is 0. The molecule has 0 radical (unpaired) electrons. The van der Waals surface area contributed by atoms with Crippen molar-refractivity contribution in [1.29, 1.82) is 0 Å². The molecule has 0 aliphatic heterocycles. The second-order valence-corrected chi connectivity index (χ2v) is 6.03. The predicted molar refractivity (Wildman–Crippen MR) is 74.8 cm³/mol. The summed E-state index contributed by atoms with van der Waals surface area (Å²) in [5, 5.41) is 0. The van der Waals surface area contributed by atoms with Crippen LogP contribution in [0.2, 0.25) is 0 Å². The average molecular weight is 304 g/mol. The smallest absolute Gasteiger partial charge is 0.197 e. The molecule has 2 aromatic rings. The summed E-state index contributed by atoms with van der Waals surface area (Å²) in [5.41, 5.74) is 3.36. The van der Waals surface area contributed by atoms with Gasteiger partial charge in [0, 0.05) is 23.0 Å². The van der Waals surface area contributed by atoms with Gasteiger partial charge in [-0.3, -0.25) is 0 Å². The van der Waals surface area contributed by atoms with Crippen molar-refractivity contribution < 1.29 is 17.6 Å². The number of hydrogen-bond acceptors (Lipinski definition) is 0. The van der Waals surface area contributed by atoms with Gasteiger partial charge in [-0.1, -0.05) is 29.8 Å². The van der Waals surface area contributed by atoms with E-state index in [-0.39, 0.29) is 11.1 Å². The maximum absolute atomic E-state index is 14.3.